The highest BCUT2D eigenvalue weighted by atomic mass is 35.5. The number of nitrogens with zero attached hydrogens (tertiary/aromatic N) is 1. The molecule has 2 amide bonds. The number of halogens is 1. The van der Waals surface area contributed by atoms with E-state index in [1.165, 1.54) is 0 Å². The SMILES string of the molecule is COCCN(CCOC)C(=O)NCc1cccc(Cl)c1. The van der Waals surface area contributed by atoms with Crippen molar-refractivity contribution in [3.63, 3.8) is 0 Å². The van der Waals surface area contributed by atoms with Crippen LogP contribution in [0, 0.1) is 0 Å². The maximum Gasteiger partial charge on any atom is 0.317 e. The summed E-state index contributed by atoms with van der Waals surface area (Å²) in [6.07, 6.45) is 0. The first-order chi connectivity index (χ1) is 9.67. The highest BCUT2D eigenvalue weighted by molar-refractivity contribution is 6.30. The van der Waals surface area contributed by atoms with E-state index in [1.54, 1.807) is 25.2 Å². The van der Waals surface area contributed by atoms with Crippen LogP contribution in [-0.4, -0.2) is 51.5 Å². The Balaban J connectivity index is 2.47. The lowest BCUT2D eigenvalue weighted by Gasteiger charge is -2.22. The Hall–Kier alpha value is -1.30. The zero-order chi connectivity index (χ0) is 14.8. The number of carbonyl (C=O) groups excluding carboxylic acids is 1. The van der Waals surface area contributed by atoms with Gasteiger partial charge >= 0.3 is 6.03 Å². The highest BCUT2D eigenvalue weighted by Crippen LogP contribution is 2.10. The molecule has 20 heavy (non-hydrogen) atoms. The van der Waals surface area contributed by atoms with Crippen LogP contribution in [0.5, 0.6) is 0 Å². The average Bonchev–Trinajstić information content (AvgIpc) is 2.45. The molecular formula is C14H21ClN2O3. The molecule has 0 aliphatic carbocycles. The molecule has 0 radical (unpaired) electrons. The van der Waals surface area contributed by atoms with E-state index >= 15 is 0 Å². The van der Waals surface area contributed by atoms with Crippen molar-refractivity contribution in [2.45, 2.75) is 6.54 Å². The first-order valence-electron chi connectivity index (χ1n) is 6.42. The number of hydrogen-bond donors (Lipinski definition) is 1. The van der Waals surface area contributed by atoms with E-state index in [0.717, 1.165) is 5.56 Å². The molecule has 0 spiro atoms. The maximum atomic E-state index is 12.1. The van der Waals surface area contributed by atoms with Crippen molar-refractivity contribution in [2.24, 2.45) is 0 Å². The Labute approximate surface area is 124 Å². The summed E-state index contributed by atoms with van der Waals surface area (Å²) >= 11 is 5.90. The van der Waals surface area contributed by atoms with Gasteiger partial charge in [-0.25, -0.2) is 4.79 Å². The molecule has 6 heteroatoms. The summed E-state index contributed by atoms with van der Waals surface area (Å²) < 4.78 is 10.0. The fourth-order valence-electron chi connectivity index (χ4n) is 1.65. The molecule has 1 N–H and O–H groups in total. The minimum Gasteiger partial charge on any atom is -0.383 e. The Morgan fingerprint density at radius 2 is 1.90 bits per heavy atom. The van der Waals surface area contributed by atoms with Gasteiger partial charge in [0.1, 0.15) is 0 Å². The summed E-state index contributed by atoms with van der Waals surface area (Å²) in [6.45, 7) is 2.49. The molecule has 0 unspecified atom stereocenters. The van der Waals surface area contributed by atoms with Crippen molar-refractivity contribution in [1.82, 2.24) is 10.2 Å². The van der Waals surface area contributed by atoms with Gasteiger partial charge in [0.2, 0.25) is 0 Å². The molecule has 5 nitrogen and oxygen atoms in total. The lowest BCUT2D eigenvalue weighted by molar-refractivity contribution is 0.122. The quantitative estimate of drug-likeness (QED) is 0.800. The van der Waals surface area contributed by atoms with E-state index in [2.05, 4.69) is 5.32 Å². The zero-order valence-corrected chi connectivity index (χ0v) is 12.7. The van der Waals surface area contributed by atoms with Gasteiger partial charge < -0.3 is 19.7 Å². The van der Waals surface area contributed by atoms with Gasteiger partial charge in [0, 0.05) is 38.9 Å². The van der Waals surface area contributed by atoms with Crippen LogP contribution >= 0.6 is 11.6 Å². The third-order valence-corrected chi connectivity index (χ3v) is 2.99. The largest absolute Gasteiger partial charge is 0.383 e. The lowest BCUT2D eigenvalue weighted by Crippen LogP contribution is -2.43. The summed E-state index contributed by atoms with van der Waals surface area (Å²) in [5, 5.41) is 3.52. The van der Waals surface area contributed by atoms with E-state index in [9.17, 15) is 4.79 Å². The molecule has 0 saturated carbocycles. The van der Waals surface area contributed by atoms with Crippen molar-refractivity contribution in [1.29, 1.82) is 0 Å². The van der Waals surface area contributed by atoms with E-state index in [1.807, 2.05) is 18.2 Å². The Kier molecular flexibility index (Phi) is 8.02. The van der Waals surface area contributed by atoms with Gasteiger partial charge in [-0.15, -0.1) is 0 Å². The van der Waals surface area contributed by atoms with Crippen LogP contribution in [0.2, 0.25) is 5.02 Å². The minimum absolute atomic E-state index is 0.140. The molecule has 0 fully saturated rings. The van der Waals surface area contributed by atoms with Crippen molar-refractivity contribution < 1.29 is 14.3 Å². The first kappa shape index (κ1) is 16.8. The number of rotatable bonds is 8. The second-order valence-electron chi connectivity index (χ2n) is 4.26. The Bertz CT molecular complexity index is 407. The monoisotopic (exact) mass is 300 g/mol. The van der Waals surface area contributed by atoms with Crippen molar-refractivity contribution in [3.05, 3.63) is 34.9 Å². The number of hydrogen-bond acceptors (Lipinski definition) is 3. The van der Waals surface area contributed by atoms with Crippen molar-refractivity contribution >= 4 is 17.6 Å². The number of carbonyl (C=O) groups is 1. The molecule has 1 aromatic carbocycles. The van der Waals surface area contributed by atoms with Crippen molar-refractivity contribution in [3.8, 4) is 0 Å². The number of amides is 2. The molecular weight excluding hydrogens is 280 g/mol. The molecule has 1 rings (SSSR count). The molecule has 1 aromatic rings. The second-order valence-corrected chi connectivity index (χ2v) is 4.70. The highest BCUT2D eigenvalue weighted by Gasteiger charge is 2.12. The summed E-state index contributed by atoms with van der Waals surface area (Å²) in [7, 11) is 3.22. The van der Waals surface area contributed by atoms with Crippen molar-refractivity contribution in [2.75, 3.05) is 40.5 Å². The third-order valence-electron chi connectivity index (χ3n) is 2.75. The number of methoxy groups -OCH3 is 2. The fourth-order valence-corrected chi connectivity index (χ4v) is 1.87. The van der Waals surface area contributed by atoms with Gasteiger partial charge in [-0.2, -0.15) is 0 Å². The van der Waals surface area contributed by atoms with Gasteiger partial charge in [-0.1, -0.05) is 23.7 Å². The Morgan fingerprint density at radius 3 is 2.45 bits per heavy atom. The van der Waals surface area contributed by atoms with Gasteiger partial charge in [0.05, 0.1) is 13.2 Å². The average molecular weight is 301 g/mol. The predicted molar refractivity (Wildman–Crippen MR) is 79.0 cm³/mol. The van der Waals surface area contributed by atoms with Crippen LogP contribution in [0.25, 0.3) is 0 Å². The molecule has 112 valence electrons. The fraction of sp³-hybridized carbons (Fsp3) is 0.500. The number of ether oxygens (including phenoxy) is 2. The molecule has 0 saturated heterocycles. The van der Waals surface area contributed by atoms with Crippen LogP contribution in [0.4, 0.5) is 4.79 Å². The Morgan fingerprint density at radius 1 is 1.25 bits per heavy atom. The molecule has 0 bridgehead atoms. The summed E-state index contributed by atoms with van der Waals surface area (Å²) in [4.78, 5) is 13.7. The zero-order valence-electron chi connectivity index (χ0n) is 11.9. The van der Waals surface area contributed by atoms with Gasteiger partial charge in [-0.3, -0.25) is 0 Å². The van der Waals surface area contributed by atoms with Crippen LogP contribution < -0.4 is 5.32 Å². The van der Waals surface area contributed by atoms with Crippen LogP contribution in [0.15, 0.2) is 24.3 Å². The van der Waals surface area contributed by atoms with Crippen LogP contribution in [0.3, 0.4) is 0 Å². The van der Waals surface area contributed by atoms with Gasteiger partial charge in [-0.05, 0) is 17.7 Å². The van der Waals surface area contributed by atoms with E-state index in [-0.39, 0.29) is 6.03 Å². The van der Waals surface area contributed by atoms with E-state index in [4.69, 9.17) is 21.1 Å². The topological polar surface area (TPSA) is 50.8 Å². The van der Waals surface area contributed by atoms with Gasteiger partial charge in [0.25, 0.3) is 0 Å². The van der Waals surface area contributed by atoms with Crippen LogP contribution in [-0.2, 0) is 16.0 Å². The standard InChI is InChI=1S/C14H21ClN2O3/c1-19-8-6-17(7-9-20-2)14(18)16-11-12-4-3-5-13(15)10-12/h3-5,10H,6-9,11H2,1-2H3,(H,16,18). The third kappa shape index (κ3) is 6.23. The molecule has 0 heterocycles. The van der Waals surface area contributed by atoms with Gasteiger partial charge in [0.15, 0.2) is 0 Å². The lowest BCUT2D eigenvalue weighted by atomic mass is 10.2. The number of urea groups is 1. The summed E-state index contributed by atoms with van der Waals surface area (Å²) in [6, 6.07) is 7.27. The summed E-state index contributed by atoms with van der Waals surface area (Å²) in [5.74, 6) is 0. The smallest absolute Gasteiger partial charge is 0.317 e. The second kappa shape index (κ2) is 9.58. The van der Waals surface area contributed by atoms with E-state index in [0.29, 0.717) is 37.9 Å². The summed E-state index contributed by atoms with van der Waals surface area (Å²) in [5.41, 5.74) is 0.962. The van der Waals surface area contributed by atoms with Crippen LogP contribution in [0.1, 0.15) is 5.56 Å². The molecule has 0 atom stereocenters. The minimum atomic E-state index is -0.140. The maximum absolute atomic E-state index is 12.1. The normalized spacial score (nSPS) is 10.3. The molecule has 0 aliphatic heterocycles. The number of nitrogens with one attached hydrogen (secondary N) is 1. The number of benzene rings is 1. The van der Waals surface area contributed by atoms with E-state index < -0.39 is 0 Å². The first-order valence-corrected chi connectivity index (χ1v) is 6.80. The predicted octanol–water partition coefficient (Wildman–Crippen LogP) is 2.14. The molecule has 0 aliphatic rings. The molecule has 0 aromatic heterocycles.